The molecule has 2 aromatic rings. The van der Waals surface area contributed by atoms with E-state index in [-0.39, 0.29) is 24.8 Å². The molecule has 2 fully saturated rings. The number of hydrogen-bond acceptors (Lipinski definition) is 5. The van der Waals surface area contributed by atoms with Crippen LogP contribution in [0, 0.1) is 5.92 Å². The summed E-state index contributed by atoms with van der Waals surface area (Å²) in [6.07, 6.45) is 3.06. The van der Waals surface area contributed by atoms with Gasteiger partial charge in [0.25, 0.3) is 0 Å². The number of carbonyl (C=O) groups is 1. The van der Waals surface area contributed by atoms with Gasteiger partial charge in [0.1, 0.15) is 6.33 Å². The monoisotopic (exact) mass is 463 g/mol. The first-order valence-electron chi connectivity index (χ1n) is 11.8. The molecule has 1 unspecified atom stereocenters. The van der Waals surface area contributed by atoms with E-state index in [1.54, 1.807) is 0 Å². The van der Waals surface area contributed by atoms with Crippen LogP contribution in [0.4, 0.5) is 13.2 Å². The SMILES string of the molecule is CCC(N)C1CCC(N2CC(NC(=O)CCc3ncnc4ccc(C(F)(F)F)cc34)C2)CC1. The highest BCUT2D eigenvalue weighted by Crippen LogP contribution is 2.33. The normalized spacial score (nSPS) is 23.3. The smallest absolute Gasteiger partial charge is 0.351 e. The highest BCUT2D eigenvalue weighted by Gasteiger charge is 2.36. The molecule has 1 saturated heterocycles. The Morgan fingerprint density at radius 1 is 1.21 bits per heavy atom. The summed E-state index contributed by atoms with van der Waals surface area (Å²) < 4.78 is 39.2. The van der Waals surface area contributed by atoms with Crippen molar-refractivity contribution in [3.63, 3.8) is 0 Å². The molecule has 1 aromatic heterocycles. The van der Waals surface area contributed by atoms with Crippen LogP contribution in [0.5, 0.6) is 0 Å². The van der Waals surface area contributed by atoms with Gasteiger partial charge in [-0.3, -0.25) is 9.69 Å². The second-order valence-corrected chi connectivity index (χ2v) is 9.41. The van der Waals surface area contributed by atoms with Crippen molar-refractivity contribution in [1.29, 1.82) is 0 Å². The fourth-order valence-corrected chi connectivity index (χ4v) is 5.15. The molecule has 180 valence electrons. The Balaban J connectivity index is 1.24. The van der Waals surface area contributed by atoms with Gasteiger partial charge in [0.2, 0.25) is 5.91 Å². The van der Waals surface area contributed by atoms with E-state index in [0.717, 1.165) is 31.6 Å². The topological polar surface area (TPSA) is 84.1 Å². The van der Waals surface area contributed by atoms with Crippen LogP contribution in [-0.2, 0) is 17.4 Å². The van der Waals surface area contributed by atoms with Crippen LogP contribution in [0.1, 0.15) is 56.7 Å². The van der Waals surface area contributed by atoms with Crippen LogP contribution < -0.4 is 11.1 Å². The summed E-state index contributed by atoms with van der Waals surface area (Å²) in [5.74, 6) is 0.532. The quantitative estimate of drug-likeness (QED) is 0.655. The third-order valence-corrected chi connectivity index (χ3v) is 7.24. The lowest BCUT2D eigenvalue weighted by Crippen LogP contribution is -2.62. The number of rotatable bonds is 7. The van der Waals surface area contributed by atoms with E-state index < -0.39 is 11.7 Å². The predicted molar refractivity (Wildman–Crippen MR) is 120 cm³/mol. The average molecular weight is 464 g/mol. The molecule has 1 atom stereocenters. The largest absolute Gasteiger partial charge is 0.416 e. The van der Waals surface area contributed by atoms with Crippen molar-refractivity contribution in [3.05, 3.63) is 35.8 Å². The molecule has 0 bridgehead atoms. The summed E-state index contributed by atoms with van der Waals surface area (Å²) in [5, 5.41) is 3.39. The standard InChI is InChI=1S/C24H32F3N5O/c1-2-20(28)15-3-6-18(7-4-15)32-12-17(13-32)31-23(33)10-9-22-19-11-16(24(25,26)27)5-8-21(19)29-14-30-22/h5,8,11,14-15,17-18,20H,2-4,6-7,9-10,12-13,28H2,1H3,(H,31,33). The summed E-state index contributed by atoms with van der Waals surface area (Å²) in [7, 11) is 0. The van der Waals surface area contributed by atoms with Crippen molar-refractivity contribution in [2.45, 2.75) is 76.2 Å². The number of likely N-dealkylation sites (tertiary alicyclic amines) is 1. The Bertz CT molecular complexity index is 968. The number of hydrogen-bond donors (Lipinski definition) is 2. The zero-order valence-corrected chi connectivity index (χ0v) is 18.9. The molecule has 0 radical (unpaired) electrons. The van der Waals surface area contributed by atoms with Crippen molar-refractivity contribution < 1.29 is 18.0 Å². The molecule has 0 spiro atoms. The van der Waals surface area contributed by atoms with E-state index in [4.69, 9.17) is 5.73 Å². The van der Waals surface area contributed by atoms with E-state index in [2.05, 4.69) is 27.1 Å². The van der Waals surface area contributed by atoms with Crippen LogP contribution in [-0.4, -0.2) is 52.0 Å². The number of alkyl halides is 3. The van der Waals surface area contributed by atoms with Gasteiger partial charge in [0.15, 0.2) is 0 Å². The number of aromatic nitrogens is 2. The maximum Gasteiger partial charge on any atom is 0.416 e. The number of carbonyl (C=O) groups excluding carboxylic acids is 1. The van der Waals surface area contributed by atoms with Gasteiger partial charge in [0.05, 0.1) is 22.8 Å². The number of nitrogens with zero attached hydrogens (tertiary/aromatic N) is 3. The molecule has 2 aliphatic rings. The summed E-state index contributed by atoms with van der Waals surface area (Å²) in [4.78, 5) is 23.1. The molecule has 1 amide bonds. The fourth-order valence-electron chi connectivity index (χ4n) is 5.15. The van der Waals surface area contributed by atoms with Crippen LogP contribution in [0.3, 0.4) is 0 Å². The number of nitrogens with two attached hydrogens (primary N) is 1. The number of halogens is 3. The van der Waals surface area contributed by atoms with Crippen LogP contribution in [0.25, 0.3) is 10.9 Å². The Kier molecular flexibility index (Phi) is 7.19. The van der Waals surface area contributed by atoms with Gasteiger partial charge in [-0.1, -0.05) is 6.92 Å². The van der Waals surface area contributed by atoms with E-state index in [9.17, 15) is 18.0 Å². The van der Waals surface area contributed by atoms with Gasteiger partial charge in [-0.25, -0.2) is 9.97 Å². The number of amides is 1. The highest BCUT2D eigenvalue weighted by atomic mass is 19.4. The molecule has 1 aromatic carbocycles. The predicted octanol–water partition coefficient (Wildman–Crippen LogP) is 3.68. The molecular formula is C24H32F3N5O. The van der Waals surface area contributed by atoms with Crippen molar-refractivity contribution in [1.82, 2.24) is 20.2 Å². The first kappa shape index (κ1) is 23.9. The van der Waals surface area contributed by atoms with Gasteiger partial charge in [-0.05, 0) is 62.6 Å². The molecule has 1 saturated carbocycles. The second-order valence-electron chi connectivity index (χ2n) is 9.41. The van der Waals surface area contributed by atoms with Crippen molar-refractivity contribution in [3.8, 4) is 0 Å². The summed E-state index contributed by atoms with van der Waals surface area (Å²) in [6.45, 7) is 3.85. The van der Waals surface area contributed by atoms with Crippen LogP contribution in [0.15, 0.2) is 24.5 Å². The van der Waals surface area contributed by atoms with Crippen molar-refractivity contribution >= 4 is 16.8 Å². The molecular weight excluding hydrogens is 431 g/mol. The summed E-state index contributed by atoms with van der Waals surface area (Å²) in [6, 6.07) is 4.44. The fraction of sp³-hybridized carbons (Fsp3) is 0.625. The molecule has 6 nitrogen and oxygen atoms in total. The van der Waals surface area contributed by atoms with Gasteiger partial charge in [-0.15, -0.1) is 0 Å². The molecule has 1 aliphatic heterocycles. The van der Waals surface area contributed by atoms with E-state index in [0.29, 0.717) is 34.6 Å². The van der Waals surface area contributed by atoms with Gasteiger partial charge >= 0.3 is 6.18 Å². The summed E-state index contributed by atoms with van der Waals surface area (Å²) >= 11 is 0. The Morgan fingerprint density at radius 2 is 1.94 bits per heavy atom. The van der Waals surface area contributed by atoms with Crippen LogP contribution in [0.2, 0.25) is 0 Å². The second kappa shape index (κ2) is 9.93. The number of fused-ring (bicyclic) bond motifs is 1. The maximum atomic E-state index is 13.1. The van der Waals surface area contributed by atoms with Crippen molar-refractivity contribution in [2.24, 2.45) is 11.7 Å². The first-order valence-corrected chi connectivity index (χ1v) is 11.8. The molecule has 33 heavy (non-hydrogen) atoms. The minimum Gasteiger partial charge on any atom is -0.351 e. The van der Waals surface area contributed by atoms with Gasteiger partial charge in [0, 0.05) is 37.0 Å². The molecule has 1 aliphatic carbocycles. The Labute approximate surface area is 192 Å². The van der Waals surface area contributed by atoms with Gasteiger partial charge in [-0.2, -0.15) is 13.2 Å². The summed E-state index contributed by atoms with van der Waals surface area (Å²) in [5.41, 5.74) is 6.36. The van der Waals surface area contributed by atoms with Crippen LogP contribution >= 0.6 is 0 Å². The van der Waals surface area contributed by atoms with E-state index in [1.807, 2.05) is 0 Å². The number of aryl methyl sites for hydroxylation is 1. The Morgan fingerprint density at radius 3 is 2.61 bits per heavy atom. The zero-order chi connectivity index (χ0) is 23.6. The molecule has 9 heteroatoms. The lowest BCUT2D eigenvalue weighted by Gasteiger charge is -2.47. The average Bonchev–Trinajstić information content (AvgIpc) is 2.78. The Hall–Kier alpha value is -2.26. The molecule has 4 rings (SSSR count). The highest BCUT2D eigenvalue weighted by molar-refractivity contribution is 5.83. The third kappa shape index (κ3) is 5.63. The minimum atomic E-state index is -4.43. The van der Waals surface area contributed by atoms with E-state index >= 15 is 0 Å². The van der Waals surface area contributed by atoms with E-state index in [1.165, 1.54) is 38.1 Å². The molecule has 3 N–H and O–H groups in total. The number of nitrogens with one attached hydrogen (secondary N) is 1. The lowest BCUT2D eigenvalue weighted by atomic mass is 9.79. The maximum absolute atomic E-state index is 13.1. The zero-order valence-electron chi connectivity index (χ0n) is 18.9. The number of benzene rings is 1. The third-order valence-electron chi connectivity index (χ3n) is 7.24. The minimum absolute atomic E-state index is 0.101. The molecule has 2 heterocycles. The first-order chi connectivity index (χ1) is 15.7. The lowest BCUT2D eigenvalue weighted by molar-refractivity contribution is -0.137. The van der Waals surface area contributed by atoms with Crippen molar-refractivity contribution in [2.75, 3.05) is 13.1 Å². The van der Waals surface area contributed by atoms with Gasteiger partial charge < -0.3 is 11.1 Å².